The first-order chi connectivity index (χ1) is 14.5. The molecule has 1 fully saturated rings. The molecule has 0 radical (unpaired) electrons. The number of carbonyl (C=O) groups excluding carboxylic acids is 2. The molecule has 0 aliphatic carbocycles. The third kappa shape index (κ3) is 4.20. The summed E-state index contributed by atoms with van der Waals surface area (Å²) in [6, 6.07) is 17.9. The highest BCUT2D eigenvalue weighted by Crippen LogP contribution is 2.28. The van der Waals surface area contributed by atoms with Crippen molar-refractivity contribution in [3.63, 3.8) is 0 Å². The normalized spacial score (nSPS) is 18.4. The van der Waals surface area contributed by atoms with Crippen molar-refractivity contribution in [1.29, 1.82) is 0 Å². The molecule has 0 saturated carbocycles. The molecule has 0 amide bonds. The van der Waals surface area contributed by atoms with Gasteiger partial charge in [-0.05, 0) is 17.5 Å². The van der Waals surface area contributed by atoms with Crippen molar-refractivity contribution in [3.8, 4) is 11.1 Å². The van der Waals surface area contributed by atoms with Crippen LogP contribution < -0.4 is 4.57 Å². The van der Waals surface area contributed by atoms with E-state index in [1.807, 2.05) is 78.1 Å². The predicted octanol–water partition coefficient (Wildman–Crippen LogP) is 3.60. The smallest absolute Gasteiger partial charge is 0.309 e. The van der Waals surface area contributed by atoms with Gasteiger partial charge in [0.05, 0.1) is 19.6 Å². The highest BCUT2D eigenvalue weighted by Gasteiger charge is 2.36. The second kappa shape index (κ2) is 8.66. The van der Waals surface area contributed by atoms with Crippen LogP contribution in [0.1, 0.15) is 29.4 Å². The van der Waals surface area contributed by atoms with Gasteiger partial charge in [0.15, 0.2) is 6.54 Å². The zero-order valence-electron chi connectivity index (χ0n) is 17.5. The van der Waals surface area contributed by atoms with Crippen LogP contribution in [0.15, 0.2) is 67.1 Å². The lowest BCUT2D eigenvalue weighted by Crippen LogP contribution is -2.35. The van der Waals surface area contributed by atoms with Gasteiger partial charge in [-0.25, -0.2) is 9.13 Å². The minimum atomic E-state index is -0.0845. The number of cyclic esters (lactones) is 1. The number of carbonyl (C=O) groups is 2. The van der Waals surface area contributed by atoms with Crippen LogP contribution in [0.4, 0.5) is 0 Å². The third-order valence-corrected chi connectivity index (χ3v) is 5.95. The Morgan fingerprint density at radius 2 is 1.80 bits per heavy atom. The number of ketones is 1. The first kappa shape index (κ1) is 20.1. The van der Waals surface area contributed by atoms with Crippen LogP contribution >= 0.6 is 0 Å². The number of rotatable bonds is 7. The number of aryl methyl sites for hydroxylation is 1. The second-order valence-electron chi connectivity index (χ2n) is 7.99. The van der Waals surface area contributed by atoms with Gasteiger partial charge in [0, 0.05) is 17.9 Å². The number of hydrogen-bond acceptors (Lipinski definition) is 3. The molecule has 154 valence electrons. The summed E-state index contributed by atoms with van der Waals surface area (Å²) in [5, 5.41) is 0. The van der Waals surface area contributed by atoms with Crippen LogP contribution in [0.25, 0.3) is 11.1 Å². The lowest BCUT2D eigenvalue weighted by molar-refractivity contribution is -0.682. The van der Waals surface area contributed by atoms with E-state index in [2.05, 4.69) is 12.1 Å². The van der Waals surface area contributed by atoms with Gasteiger partial charge in [0.2, 0.25) is 12.1 Å². The Hall–Kier alpha value is -3.21. The van der Waals surface area contributed by atoms with E-state index in [4.69, 9.17) is 4.74 Å². The first-order valence-electron chi connectivity index (χ1n) is 10.4. The Morgan fingerprint density at radius 3 is 2.50 bits per heavy atom. The van der Waals surface area contributed by atoms with E-state index in [1.54, 1.807) is 0 Å². The fourth-order valence-electron chi connectivity index (χ4n) is 4.21. The lowest BCUT2D eigenvalue weighted by atomic mass is 9.89. The molecule has 30 heavy (non-hydrogen) atoms. The zero-order valence-corrected chi connectivity index (χ0v) is 17.5. The average molecular weight is 404 g/mol. The molecule has 1 saturated heterocycles. The van der Waals surface area contributed by atoms with Gasteiger partial charge in [-0.1, -0.05) is 61.5 Å². The molecule has 2 unspecified atom stereocenters. The number of ether oxygens (including phenoxy) is 1. The number of benzene rings is 2. The fraction of sp³-hybridized carbons (Fsp3) is 0.320. The third-order valence-electron chi connectivity index (χ3n) is 5.95. The van der Waals surface area contributed by atoms with Crippen LogP contribution in [-0.4, -0.2) is 22.9 Å². The molecule has 0 spiro atoms. The quantitative estimate of drug-likeness (QED) is 0.344. The number of hydrogen-bond donors (Lipinski definition) is 0. The summed E-state index contributed by atoms with van der Waals surface area (Å²) in [5.41, 5.74) is 4.04. The summed E-state index contributed by atoms with van der Waals surface area (Å²) in [6.07, 6.45) is 5.51. The van der Waals surface area contributed by atoms with E-state index in [0.29, 0.717) is 12.2 Å². The topological polar surface area (TPSA) is 52.2 Å². The molecule has 0 bridgehead atoms. The molecule has 3 aromatic rings. The molecule has 4 rings (SSSR count). The maximum Gasteiger partial charge on any atom is 0.309 e. The summed E-state index contributed by atoms with van der Waals surface area (Å²) in [6.45, 7) is 2.79. The SMILES string of the molecule is CCC1C(=O)OCC1Cc1c[n+](CC(=O)c2ccc(-c3ccccc3)cc2)cn1C. The van der Waals surface area contributed by atoms with Gasteiger partial charge >= 0.3 is 5.97 Å². The summed E-state index contributed by atoms with van der Waals surface area (Å²) >= 11 is 0. The Labute approximate surface area is 176 Å². The number of Topliss-reactive ketones (excluding diaryl/α,β-unsaturated/α-hetero) is 1. The van der Waals surface area contributed by atoms with Crippen molar-refractivity contribution >= 4 is 11.8 Å². The van der Waals surface area contributed by atoms with E-state index in [0.717, 1.165) is 29.7 Å². The summed E-state index contributed by atoms with van der Waals surface area (Å²) < 4.78 is 9.19. The molecule has 1 aliphatic heterocycles. The van der Waals surface area contributed by atoms with E-state index in [1.165, 1.54) is 0 Å². The van der Waals surface area contributed by atoms with E-state index in [9.17, 15) is 9.59 Å². The van der Waals surface area contributed by atoms with E-state index >= 15 is 0 Å². The van der Waals surface area contributed by atoms with Crippen molar-refractivity contribution in [2.45, 2.75) is 26.3 Å². The Balaban J connectivity index is 1.43. The molecule has 1 aliphatic rings. The summed E-state index contributed by atoms with van der Waals surface area (Å²) in [4.78, 5) is 24.6. The molecular formula is C25H27N2O3+. The largest absolute Gasteiger partial charge is 0.465 e. The molecule has 5 nitrogen and oxygen atoms in total. The molecule has 0 N–H and O–H groups in total. The highest BCUT2D eigenvalue weighted by molar-refractivity contribution is 5.95. The molecule has 2 aromatic carbocycles. The van der Waals surface area contributed by atoms with Gasteiger partial charge in [-0.3, -0.25) is 9.59 Å². The highest BCUT2D eigenvalue weighted by atomic mass is 16.5. The minimum absolute atomic E-state index is 0.0295. The van der Waals surface area contributed by atoms with Gasteiger partial charge in [0.25, 0.3) is 0 Å². The standard InChI is InChI=1S/C25H27N2O3/c1-3-23-21(16-30-25(23)29)13-22-14-27(17-26(22)2)15-24(28)20-11-9-19(10-12-20)18-7-5-4-6-8-18/h4-12,14,17,21,23H,3,13,15-16H2,1-2H3/q+1. The van der Waals surface area contributed by atoms with Crippen molar-refractivity contribution < 1.29 is 18.9 Å². The molecule has 1 aromatic heterocycles. The average Bonchev–Trinajstić information content (AvgIpc) is 3.30. The first-order valence-corrected chi connectivity index (χ1v) is 10.4. The number of imidazole rings is 1. The van der Waals surface area contributed by atoms with Gasteiger partial charge in [-0.15, -0.1) is 0 Å². The molecule has 5 heteroatoms. The van der Waals surface area contributed by atoms with E-state index < -0.39 is 0 Å². The van der Waals surface area contributed by atoms with Crippen molar-refractivity contribution in [1.82, 2.24) is 4.57 Å². The van der Waals surface area contributed by atoms with Crippen LogP contribution in [0, 0.1) is 11.8 Å². The lowest BCUT2D eigenvalue weighted by Gasteiger charge is -2.10. The van der Waals surface area contributed by atoms with E-state index in [-0.39, 0.29) is 30.1 Å². The molecular weight excluding hydrogens is 376 g/mol. The van der Waals surface area contributed by atoms with Crippen molar-refractivity contribution in [2.24, 2.45) is 18.9 Å². The van der Waals surface area contributed by atoms with Gasteiger partial charge in [-0.2, -0.15) is 0 Å². The fourth-order valence-corrected chi connectivity index (χ4v) is 4.21. The summed E-state index contributed by atoms with van der Waals surface area (Å²) in [7, 11) is 1.98. The predicted molar refractivity (Wildman–Crippen MR) is 114 cm³/mol. The Bertz CT molecular complexity index is 1040. The van der Waals surface area contributed by atoms with Gasteiger partial charge < -0.3 is 4.74 Å². The summed E-state index contributed by atoms with van der Waals surface area (Å²) in [5.74, 6) is 0.158. The Morgan fingerprint density at radius 1 is 1.10 bits per heavy atom. The maximum absolute atomic E-state index is 12.8. The van der Waals surface area contributed by atoms with Crippen LogP contribution in [0.3, 0.4) is 0 Å². The monoisotopic (exact) mass is 403 g/mol. The molecule has 2 heterocycles. The number of esters is 1. The minimum Gasteiger partial charge on any atom is -0.465 e. The van der Waals surface area contributed by atoms with Crippen molar-refractivity contribution in [3.05, 3.63) is 78.4 Å². The second-order valence-corrected chi connectivity index (χ2v) is 7.99. The molecule has 2 atom stereocenters. The van der Waals surface area contributed by atoms with Crippen LogP contribution in [0.5, 0.6) is 0 Å². The zero-order chi connectivity index (χ0) is 21.1. The number of nitrogens with zero attached hydrogens (tertiary/aromatic N) is 2. The maximum atomic E-state index is 12.8. The number of aromatic nitrogens is 2. The van der Waals surface area contributed by atoms with Crippen molar-refractivity contribution in [2.75, 3.05) is 6.61 Å². The Kier molecular flexibility index (Phi) is 5.79. The van der Waals surface area contributed by atoms with Crippen LogP contribution in [0.2, 0.25) is 0 Å². The van der Waals surface area contributed by atoms with Crippen LogP contribution in [-0.2, 0) is 29.5 Å². The van der Waals surface area contributed by atoms with Gasteiger partial charge in [0.1, 0.15) is 11.9 Å².